The van der Waals surface area contributed by atoms with Crippen molar-refractivity contribution < 1.29 is 0 Å². The second-order valence-corrected chi connectivity index (χ2v) is 4.03. The number of hydrogen-bond acceptors (Lipinski definition) is 1. The van der Waals surface area contributed by atoms with Gasteiger partial charge in [0.2, 0.25) is 0 Å². The molecule has 1 rings (SSSR count). The van der Waals surface area contributed by atoms with Gasteiger partial charge in [0, 0.05) is 6.04 Å². The fourth-order valence-corrected chi connectivity index (χ4v) is 2.10. The van der Waals surface area contributed by atoms with Gasteiger partial charge < -0.3 is 5.32 Å². The van der Waals surface area contributed by atoms with Gasteiger partial charge in [-0.05, 0) is 38.1 Å². The first kappa shape index (κ1) is 8.79. The highest BCUT2D eigenvalue weighted by Gasteiger charge is 2.32. The minimum atomic E-state index is 0.537. The summed E-state index contributed by atoms with van der Waals surface area (Å²) < 4.78 is 0. The Morgan fingerprint density at radius 2 is 2.45 bits per heavy atom. The van der Waals surface area contributed by atoms with E-state index in [0.717, 1.165) is 6.04 Å². The summed E-state index contributed by atoms with van der Waals surface area (Å²) in [6.07, 6.45) is 7.23. The van der Waals surface area contributed by atoms with Gasteiger partial charge in [0.05, 0.1) is 0 Å². The maximum absolute atomic E-state index is 3.80. The Hall–Kier alpha value is -0.300. The molecule has 0 aromatic rings. The van der Waals surface area contributed by atoms with E-state index in [0.29, 0.717) is 5.41 Å². The van der Waals surface area contributed by atoms with Crippen LogP contribution in [0, 0.1) is 5.41 Å². The quantitative estimate of drug-likeness (QED) is 0.614. The lowest BCUT2D eigenvalue weighted by Gasteiger charge is -2.21. The molecule has 0 aliphatic heterocycles. The predicted octanol–water partition coefficient (Wildman–Crippen LogP) is 2.34. The highest BCUT2D eigenvalue weighted by atomic mass is 14.9. The molecule has 2 atom stereocenters. The third-order valence-electron chi connectivity index (χ3n) is 2.88. The molecule has 1 aliphatic rings. The summed E-state index contributed by atoms with van der Waals surface area (Å²) in [5, 5.41) is 3.34. The van der Waals surface area contributed by atoms with Crippen molar-refractivity contribution in [2.75, 3.05) is 7.05 Å². The Morgan fingerprint density at radius 1 is 1.73 bits per heavy atom. The first-order valence-corrected chi connectivity index (χ1v) is 4.48. The van der Waals surface area contributed by atoms with Crippen molar-refractivity contribution in [2.24, 2.45) is 5.41 Å². The molecule has 0 aromatic carbocycles. The molecular formula is C10H19N. The van der Waals surface area contributed by atoms with Crippen molar-refractivity contribution >= 4 is 0 Å². The monoisotopic (exact) mass is 153 g/mol. The van der Waals surface area contributed by atoms with Gasteiger partial charge in [-0.25, -0.2) is 0 Å². The van der Waals surface area contributed by atoms with Gasteiger partial charge >= 0.3 is 0 Å². The van der Waals surface area contributed by atoms with Crippen LogP contribution in [0.2, 0.25) is 0 Å². The molecule has 0 spiro atoms. The highest BCUT2D eigenvalue weighted by molar-refractivity contribution is 4.92. The molecule has 0 bridgehead atoms. The lowest BCUT2D eigenvalue weighted by Crippen LogP contribution is -2.23. The standard InChI is InChI=1S/C10H19N/c1-4-6-10(2)7-5-9(8-10)11-3/h4,9,11H,1,5-8H2,2-3H3. The summed E-state index contributed by atoms with van der Waals surface area (Å²) in [5.74, 6) is 0. The SMILES string of the molecule is C=CCC1(C)CCC(NC)C1. The van der Waals surface area contributed by atoms with E-state index in [1.165, 1.54) is 25.7 Å². The minimum absolute atomic E-state index is 0.537. The van der Waals surface area contributed by atoms with Crippen LogP contribution in [0.1, 0.15) is 32.6 Å². The highest BCUT2D eigenvalue weighted by Crippen LogP contribution is 2.40. The Morgan fingerprint density at radius 3 is 2.91 bits per heavy atom. The molecule has 1 heteroatoms. The van der Waals surface area contributed by atoms with Gasteiger partial charge in [0.15, 0.2) is 0 Å². The first-order chi connectivity index (χ1) is 5.20. The lowest BCUT2D eigenvalue weighted by atomic mass is 9.85. The van der Waals surface area contributed by atoms with E-state index in [-0.39, 0.29) is 0 Å². The molecule has 0 aromatic heterocycles. The smallest absolute Gasteiger partial charge is 0.00695 e. The van der Waals surface area contributed by atoms with Gasteiger partial charge in [0.25, 0.3) is 0 Å². The number of rotatable bonds is 3. The van der Waals surface area contributed by atoms with E-state index >= 15 is 0 Å². The fraction of sp³-hybridized carbons (Fsp3) is 0.800. The van der Waals surface area contributed by atoms with Crippen molar-refractivity contribution in [3.63, 3.8) is 0 Å². The maximum atomic E-state index is 3.80. The summed E-state index contributed by atoms with van der Waals surface area (Å²) in [4.78, 5) is 0. The van der Waals surface area contributed by atoms with Crippen molar-refractivity contribution in [1.82, 2.24) is 5.32 Å². The summed E-state index contributed by atoms with van der Waals surface area (Å²) in [6, 6.07) is 0.750. The summed E-state index contributed by atoms with van der Waals surface area (Å²) in [5.41, 5.74) is 0.537. The van der Waals surface area contributed by atoms with Crippen LogP contribution in [0.25, 0.3) is 0 Å². The van der Waals surface area contributed by atoms with Crippen LogP contribution in [0.4, 0.5) is 0 Å². The molecule has 1 nitrogen and oxygen atoms in total. The molecule has 2 unspecified atom stereocenters. The number of hydrogen-bond donors (Lipinski definition) is 1. The first-order valence-electron chi connectivity index (χ1n) is 4.48. The zero-order chi connectivity index (χ0) is 8.32. The normalized spacial score (nSPS) is 37.5. The second-order valence-electron chi connectivity index (χ2n) is 4.03. The van der Waals surface area contributed by atoms with Crippen LogP contribution in [0.15, 0.2) is 12.7 Å². The van der Waals surface area contributed by atoms with Crippen molar-refractivity contribution in [3.8, 4) is 0 Å². The van der Waals surface area contributed by atoms with Crippen LogP contribution >= 0.6 is 0 Å². The van der Waals surface area contributed by atoms with E-state index in [4.69, 9.17) is 0 Å². The number of allylic oxidation sites excluding steroid dienone is 1. The Labute approximate surface area is 69.9 Å². The van der Waals surface area contributed by atoms with Gasteiger partial charge in [0.1, 0.15) is 0 Å². The van der Waals surface area contributed by atoms with Crippen LogP contribution in [0.5, 0.6) is 0 Å². The molecular weight excluding hydrogens is 134 g/mol. The second kappa shape index (κ2) is 3.40. The largest absolute Gasteiger partial charge is 0.317 e. The molecule has 64 valence electrons. The van der Waals surface area contributed by atoms with E-state index in [2.05, 4.69) is 31.9 Å². The van der Waals surface area contributed by atoms with Crippen LogP contribution in [0.3, 0.4) is 0 Å². The fourth-order valence-electron chi connectivity index (χ4n) is 2.10. The molecule has 1 saturated carbocycles. The van der Waals surface area contributed by atoms with Crippen molar-refractivity contribution in [3.05, 3.63) is 12.7 Å². The van der Waals surface area contributed by atoms with Gasteiger partial charge in [-0.3, -0.25) is 0 Å². The molecule has 1 fully saturated rings. The lowest BCUT2D eigenvalue weighted by molar-refractivity contribution is 0.331. The molecule has 0 saturated heterocycles. The molecule has 1 aliphatic carbocycles. The van der Waals surface area contributed by atoms with Gasteiger partial charge in [-0.2, -0.15) is 0 Å². The summed E-state index contributed by atoms with van der Waals surface area (Å²) in [7, 11) is 2.06. The topological polar surface area (TPSA) is 12.0 Å². The van der Waals surface area contributed by atoms with Gasteiger partial charge in [-0.15, -0.1) is 6.58 Å². The van der Waals surface area contributed by atoms with Crippen molar-refractivity contribution in [2.45, 2.75) is 38.6 Å². The maximum Gasteiger partial charge on any atom is 0.00695 e. The Balaban J connectivity index is 2.43. The molecule has 0 radical (unpaired) electrons. The minimum Gasteiger partial charge on any atom is -0.317 e. The van der Waals surface area contributed by atoms with Crippen LogP contribution < -0.4 is 5.32 Å². The summed E-state index contributed by atoms with van der Waals surface area (Å²) in [6.45, 7) is 6.17. The van der Waals surface area contributed by atoms with Crippen LogP contribution in [-0.4, -0.2) is 13.1 Å². The molecule has 0 amide bonds. The van der Waals surface area contributed by atoms with Gasteiger partial charge in [-0.1, -0.05) is 13.0 Å². The van der Waals surface area contributed by atoms with E-state index in [1.807, 2.05) is 0 Å². The molecule has 11 heavy (non-hydrogen) atoms. The molecule has 1 N–H and O–H groups in total. The van der Waals surface area contributed by atoms with E-state index in [9.17, 15) is 0 Å². The average Bonchev–Trinajstić information content (AvgIpc) is 2.33. The van der Waals surface area contributed by atoms with Crippen molar-refractivity contribution in [1.29, 1.82) is 0 Å². The third kappa shape index (κ3) is 2.06. The Kier molecular flexibility index (Phi) is 2.72. The van der Waals surface area contributed by atoms with E-state index in [1.54, 1.807) is 0 Å². The number of nitrogens with one attached hydrogen (secondary N) is 1. The zero-order valence-corrected chi connectivity index (χ0v) is 7.69. The van der Waals surface area contributed by atoms with Crippen LogP contribution in [-0.2, 0) is 0 Å². The predicted molar refractivity (Wildman–Crippen MR) is 49.6 cm³/mol. The third-order valence-corrected chi connectivity index (χ3v) is 2.88. The molecule has 0 heterocycles. The zero-order valence-electron chi connectivity index (χ0n) is 7.69. The van der Waals surface area contributed by atoms with E-state index < -0.39 is 0 Å². The summed E-state index contributed by atoms with van der Waals surface area (Å²) >= 11 is 0. The average molecular weight is 153 g/mol. The Bertz CT molecular complexity index is 142.